The highest BCUT2D eigenvalue weighted by atomic mass is 32.2. The summed E-state index contributed by atoms with van der Waals surface area (Å²) in [6.45, 7) is 2.86. The smallest absolute Gasteiger partial charge is 0.325 e. The first-order chi connectivity index (χ1) is 7.20. The molecule has 3 N–H and O–H groups in total. The van der Waals surface area contributed by atoms with Gasteiger partial charge in [-0.1, -0.05) is 12.2 Å². The number of methoxy groups -OCH3 is 1. The van der Waals surface area contributed by atoms with Crippen LogP contribution in [0.4, 0.5) is 0 Å². The number of nitrogens with two attached hydrogens (primary N) is 1. The van der Waals surface area contributed by atoms with E-state index in [1.807, 2.05) is 0 Å². The number of hydrogen-bond donors (Lipinski definition) is 2. The highest BCUT2D eigenvalue weighted by Gasteiger charge is 2.29. The van der Waals surface area contributed by atoms with Gasteiger partial charge in [-0.3, -0.25) is 4.79 Å². The lowest BCUT2D eigenvalue weighted by Crippen LogP contribution is -2.43. The number of sulfonamides is 1. The van der Waals surface area contributed by atoms with Crippen LogP contribution < -0.4 is 10.5 Å². The van der Waals surface area contributed by atoms with Gasteiger partial charge in [-0.2, -0.15) is 0 Å². The molecule has 0 radical (unpaired) electrons. The molecule has 0 aliphatic carbocycles. The molecule has 0 aromatic rings. The second kappa shape index (κ2) is 6.12. The van der Waals surface area contributed by atoms with Crippen molar-refractivity contribution in [2.24, 2.45) is 5.73 Å². The molecular formula is C8H16N2O4S2. The highest BCUT2D eigenvalue weighted by Crippen LogP contribution is 2.03. The molecule has 0 fully saturated rings. The topological polar surface area (TPSA) is 98.5 Å². The van der Waals surface area contributed by atoms with Gasteiger partial charge in [0, 0.05) is 12.5 Å². The molecular weight excluding hydrogens is 252 g/mol. The molecule has 2 atom stereocenters. The molecule has 0 bridgehead atoms. The van der Waals surface area contributed by atoms with Gasteiger partial charge in [0.2, 0.25) is 10.0 Å². The van der Waals surface area contributed by atoms with E-state index in [1.165, 1.54) is 6.92 Å². The fourth-order valence-corrected chi connectivity index (χ4v) is 2.47. The van der Waals surface area contributed by atoms with Crippen molar-refractivity contribution in [1.82, 2.24) is 4.72 Å². The second-order valence-corrected chi connectivity index (χ2v) is 5.96. The maximum Gasteiger partial charge on any atom is 0.325 e. The summed E-state index contributed by atoms with van der Waals surface area (Å²) in [5.74, 6) is -0.810. The monoisotopic (exact) mass is 268 g/mol. The SMILES string of the molecule is COC(=O)C(C)S(=O)(=O)NC(C)CC(N)=S. The van der Waals surface area contributed by atoms with E-state index in [0.717, 1.165) is 7.11 Å². The zero-order chi connectivity index (χ0) is 12.9. The molecule has 0 saturated heterocycles. The third-order valence-electron chi connectivity index (χ3n) is 1.87. The van der Waals surface area contributed by atoms with Crippen LogP contribution in [0.15, 0.2) is 0 Å². The van der Waals surface area contributed by atoms with Gasteiger partial charge in [0.1, 0.15) is 0 Å². The maximum absolute atomic E-state index is 11.6. The van der Waals surface area contributed by atoms with E-state index in [2.05, 4.69) is 21.7 Å². The molecule has 0 aromatic heterocycles. The average Bonchev–Trinajstić information content (AvgIpc) is 2.13. The molecule has 0 heterocycles. The van der Waals surface area contributed by atoms with Crippen LogP contribution in [0.2, 0.25) is 0 Å². The minimum absolute atomic E-state index is 0.209. The number of thiocarbonyl (C=S) groups is 1. The summed E-state index contributed by atoms with van der Waals surface area (Å²) in [6.07, 6.45) is 0.239. The van der Waals surface area contributed by atoms with Gasteiger partial charge in [0.15, 0.2) is 5.25 Å². The summed E-state index contributed by atoms with van der Waals surface area (Å²) in [7, 11) is -2.62. The summed E-state index contributed by atoms with van der Waals surface area (Å²) in [6, 6.07) is -0.449. The van der Waals surface area contributed by atoms with Crippen LogP contribution in [0, 0.1) is 0 Å². The number of ether oxygens (including phenoxy) is 1. The Morgan fingerprint density at radius 1 is 1.50 bits per heavy atom. The Bertz CT molecular complexity index is 366. The minimum atomic E-state index is -3.76. The maximum atomic E-state index is 11.6. The Kier molecular flexibility index (Phi) is 5.84. The van der Waals surface area contributed by atoms with Crippen LogP contribution in [-0.4, -0.2) is 37.8 Å². The van der Waals surface area contributed by atoms with Gasteiger partial charge in [-0.05, 0) is 13.8 Å². The van der Waals surface area contributed by atoms with Crippen molar-refractivity contribution in [1.29, 1.82) is 0 Å². The van der Waals surface area contributed by atoms with Crippen LogP contribution in [0.1, 0.15) is 20.3 Å². The van der Waals surface area contributed by atoms with Crippen LogP contribution in [0.5, 0.6) is 0 Å². The van der Waals surface area contributed by atoms with E-state index >= 15 is 0 Å². The molecule has 0 aliphatic heterocycles. The summed E-state index contributed by atoms with van der Waals surface area (Å²) >= 11 is 4.65. The van der Waals surface area contributed by atoms with E-state index in [-0.39, 0.29) is 11.4 Å². The average molecular weight is 268 g/mol. The Labute approximate surface area is 101 Å². The molecule has 8 heteroatoms. The molecule has 94 valence electrons. The fourth-order valence-electron chi connectivity index (χ4n) is 1.02. The zero-order valence-electron chi connectivity index (χ0n) is 9.39. The number of esters is 1. The van der Waals surface area contributed by atoms with Gasteiger partial charge >= 0.3 is 5.97 Å². The van der Waals surface area contributed by atoms with Crippen LogP contribution in [0.25, 0.3) is 0 Å². The number of carbonyl (C=O) groups is 1. The number of rotatable bonds is 6. The number of nitrogens with one attached hydrogen (secondary N) is 1. The van der Waals surface area contributed by atoms with E-state index in [0.29, 0.717) is 0 Å². The first-order valence-electron chi connectivity index (χ1n) is 4.58. The summed E-state index contributed by atoms with van der Waals surface area (Å²) in [5, 5.41) is -1.26. The zero-order valence-corrected chi connectivity index (χ0v) is 11.0. The number of hydrogen-bond acceptors (Lipinski definition) is 5. The molecule has 0 amide bonds. The van der Waals surface area contributed by atoms with Crippen molar-refractivity contribution in [3.8, 4) is 0 Å². The number of carbonyl (C=O) groups excluding carboxylic acids is 1. The normalized spacial score (nSPS) is 15.2. The lowest BCUT2D eigenvalue weighted by Gasteiger charge is -2.16. The molecule has 0 aliphatic rings. The predicted molar refractivity (Wildman–Crippen MR) is 64.4 cm³/mol. The van der Waals surface area contributed by atoms with Crippen LogP contribution >= 0.6 is 12.2 Å². The lowest BCUT2D eigenvalue weighted by molar-refractivity contribution is -0.139. The molecule has 0 saturated carbocycles. The summed E-state index contributed by atoms with van der Waals surface area (Å²) in [4.78, 5) is 11.3. The van der Waals surface area contributed by atoms with Gasteiger partial charge in [0.25, 0.3) is 0 Å². The first-order valence-corrected chi connectivity index (χ1v) is 6.53. The molecule has 0 aromatic carbocycles. The Morgan fingerprint density at radius 2 is 2.00 bits per heavy atom. The van der Waals surface area contributed by atoms with Crippen molar-refractivity contribution in [3.63, 3.8) is 0 Å². The largest absolute Gasteiger partial charge is 0.468 e. The predicted octanol–water partition coefficient (Wildman–Crippen LogP) is -0.468. The fraction of sp³-hybridized carbons (Fsp3) is 0.750. The second-order valence-electron chi connectivity index (χ2n) is 3.40. The van der Waals surface area contributed by atoms with Crippen LogP contribution in [-0.2, 0) is 19.6 Å². The van der Waals surface area contributed by atoms with Gasteiger partial charge in [0.05, 0.1) is 12.1 Å². The highest BCUT2D eigenvalue weighted by molar-refractivity contribution is 7.90. The van der Waals surface area contributed by atoms with Crippen LogP contribution in [0.3, 0.4) is 0 Å². The Hall–Kier alpha value is -0.730. The van der Waals surface area contributed by atoms with E-state index < -0.39 is 27.3 Å². The third-order valence-corrected chi connectivity index (χ3v) is 3.89. The molecule has 2 unspecified atom stereocenters. The van der Waals surface area contributed by atoms with Crippen molar-refractivity contribution in [2.75, 3.05) is 7.11 Å². The Balaban J connectivity index is 4.57. The summed E-state index contributed by atoms with van der Waals surface area (Å²) < 4.78 is 29.9. The molecule has 0 rings (SSSR count). The van der Waals surface area contributed by atoms with Gasteiger partial charge < -0.3 is 10.5 Å². The first kappa shape index (κ1) is 15.3. The van der Waals surface area contributed by atoms with E-state index in [1.54, 1.807) is 6.92 Å². The van der Waals surface area contributed by atoms with E-state index in [9.17, 15) is 13.2 Å². The minimum Gasteiger partial charge on any atom is -0.468 e. The van der Waals surface area contributed by atoms with Crippen molar-refractivity contribution in [3.05, 3.63) is 0 Å². The van der Waals surface area contributed by atoms with E-state index in [4.69, 9.17) is 5.73 Å². The quantitative estimate of drug-likeness (QED) is 0.499. The molecule has 0 spiro atoms. The molecule has 16 heavy (non-hydrogen) atoms. The van der Waals surface area contributed by atoms with Crippen molar-refractivity contribution >= 4 is 33.2 Å². The van der Waals surface area contributed by atoms with Crippen molar-refractivity contribution in [2.45, 2.75) is 31.6 Å². The Morgan fingerprint density at radius 3 is 2.38 bits per heavy atom. The summed E-state index contributed by atoms with van der Waals surface area (Å²) in [5.41, 5.74) is 5.28. The third kappa shape index (κ3) is 4.86. The van der Waals surface area contributed by atoms with Crippen molar-refractivity contribution < 1.29 is 17.9 Å². The lowest BCUT2D eigenvalue weighted by atomic mass is 10.3. The van der Waals surface area contributed by atoms with Gasteiger partial charge in [-0.15, -0.1) is 0 Å². The molecule has 6 nitrogen and oxygen atoms in total. The standard InChI is InChI=1S/C8H16N2O4S2/c1-5(4-7(9)15)10-16(12,13)6(2)8(11)14-3/h5-6,10H,4H2,1-3H3,(H2,9,15). The van der Waals surface area contributed by atoms with Gasteiger partial charge in [-0.25, -0.2) is 13.1 Å².